The maximum Gasteiger partial charge on any atom is 0.0897 e. The largest absolute Gasteiger partial charge is 0.327 e. The predicted octanol–water partition coefficient (Wildman–Crippen LogP) is 2.12. The highest BCUT2D eigenvalue weighted by atomic mass is 32.1. The van der Waals surface area contributed by atoms with Crippen molar-refractivity contribution in [3.63, 3.8) is 0 Å². The molecule has 76 valence electrons. The molecule has 3 heteroatoms. The molecule has 14 heavy (non-hydrogen) atoms. The first-order chi connectivity index (χ1) is 6.72. The Balaban J connectivity index is 2.27. The van der Waals surface area contributed by atoms with Crippen molar-refractivity contribution < 1.29 is 0 Å². The van der Waals surface area contributed by atoms with Gasteiger partial charge >= 0.3 is 0 Å². The van der Waals surface area contributed by atoms with E-state index in [0.29, 0.717) is 0 Å². The zero-order chi connectivity index (χ0) is 10.4. The van der Waals surface area contributed by atoms with Gasteiger partial charge in [-0.1, -0.05) is 0 Å². The summed E-state index contributed by atoms with van der Waals surface area (Å²) in [6.07, 6.45) is 8.86. The second-order valence-corrected chi connectivity index (χ2v) is 4.48. The number of hydrogen-bond acceptors (Lipinski definition) is 3. The molecule has 2 N–H and O–H groups in total. The number of rotatable bonds is 5. The van der Waals surface area contributed by atoms with Gasteiger partial charge in [-0.3, -0.25) is 0 Å². The summed E-state index contributed by atoms with van der Waals surface area (Å²) in [5.41, 5.74) is 7.06. The number of terminal acetylenes is 1. The molecule has 0 aliphatic carbocycles. The normalized spacial score (nSPS) is 12.4. The monoisotopic (exact) mass is 208 g/mol. The number of nitrogens with two attached hydrogens (primary N) is 1. The predicted molar refractivity (Wildman–Crippen MR) is 61.2 cm³/mol. The van der Waals surface area contributed by atoms with Crippen LogP contribution in [0.25, 0.3) is 0 Å². The third kappa shape index (κ3) is 3.91. The Hall–Kier alpha value is -0.850. The molecule has 1 heterocycles. The highest BCUT2D eigenvalue weighted by Gasteiger charge is 2.05. The van der Waals surface area contributed by atoms with E-state index < -0.39 is 0 Å². The molecule has 1 atom stereocenters. The smallest absolute Gasteiger partial charge is 0.0897 e. The molecule has 1 rings (SSSR count). The van der Waals surface area contributed by atoms with Crippen LogP contribution in [0.5, 0.6) is 0 Å². The van der Waals surface area contributed by atoms with Crippen LogP contribution in [0.15, 0.2) is 5.38 Å². The summed E-state index contributed by atoms with van der Waals surface area (Å²) in [4.78, 5) is 4.38. The molecule has 0 aliphatic heterocycles. The van der Waals surface area contributed by atoms with Gasteiger partial charge in [0.15, 0.2) is 0 Å². The van der Waals surface area contributed by atoms with Gasteiger partial charge in [0.05, 0.1) is 10.7 Å². The fraction of sp³-hybridized carbons (Fsp3) is 0.545. The van der Waals surface area contributed by atoms with E-state index >= 15 is 0 Å². The molecule has 0 saturated heterocycles. The number of unbranched alkanes of at least 4 members (excludes halogenated alkanes) is 1. The SMILES string of the molecule is C#CCCCC(N)Cc1csc(C)n1. The minimum Gasteiger partial charge on any atom is -0.327 e. The third-order valence-electron chi connectivity index (χ3n) is 2.03. The summed E-state index contributed by atoms with van der Waals surface area (Å²) in [5.74, 6) is 2.62. The Bertz CT molecular complexity index is 311. The van der Waals surface area contributed by atoms with Gasteiger partial charge in [-0.15, -0.1) is 23.7 Å². The van der Waals surface area contributed by atoms with Crippen molar-refractivity contribution in [1.29, 1.82) is 0 Å². The number of thiazole rings is 1. The Morgan fingerprint density at radius 3 is 3.07 bits per heavy atom. The Kier molecular flexibility index (Phi) is 4.64. The summed E-state index contributed by atoms with van der Waals surface area (Å²) in [5, 5.41) is 3.19. The average molecular weight is 208 g/mol. The van der Waals surface area contributed by atoms with Crippen LogP contribution >= 0.6 is 11.3 Å². The molecule has 0 aliphatic rings. The first kappa shape index (κ1) is 11.2. The second-order valence-electron chi connectivity index (χ2n) is 3.42. The molecule has 0 fully saturated rings. The zero-order valence-electron chi connectivity index (χ0n) is 8.49. The lowest BCUT2D eigenvalue weighted by Gasteiger charge is -2.07. The van der Waals surface area contributed by atoms with E-state index in [1.807, 2.05) is 6.92 Å². The molecular weight excluding hydrogens is 192 g/mol. The van der Waals surface area contributed by atoms with Gasteiger partial charge in [0, 0.05) is 24.3 Å². The average Bonchev–Trinajstić information content (AvgIpc) is 2.52. The maximum atomic E-state index is 5.95. The molecule has 0 radical (unpaired) electrons. The fourth-order valence-corrected chi connectivity index (χ4v) is 1.96. The van der Waals surface area contributed by atoms with Crippen LogP contribution in [0.1, 0.15) is 30.0 Å². The van der Waals surface area contributed by atoms with Crippen LogP contribution in [0.3, 0.4) is 0 Å². The van der Waals surface area contributed by atoms with E-state index in [0.717, 1.165) is 36.4 Å². The van der Waals surface area contributed by atoms with E-state index in [1.165, 1.54) is 0 Å². The minimum absolute atomic E-state index is 0.199. The van der Waals surface area contributed by atoms with Crippen LogP contribution in [-0.4, -0.2) is 11.0 Å². The number of hydrogen-bond donors (Lipinski definition) is 1. The molecule has 1 aromatic heterocycles. The van der Waals surface area contributed by atoms with Gasteiger partial charge in [-0.2, -0.15) is 0 Å². The van der Waals surface area contributed by atoms with Crippen molar-refractivity contribution in [3.8, 4) is 12.3 Å². The lowest BCUT2D eigenvalue weighted by Crippen LogP contribution is -2.22. The highest BCUT2D eigenvalue weighted by Crippen LogP contribution is 2.11. The van der Waals surface area contributed by atoms with E-state index in [2.05, 4.69) is 16.3 Å². The number of nitrogens with zero attached hydrogens (tertiary/aromatic N) is 1. The van der Waals surface area contributed by atoms with Crippen LogP contribution in [0, 0.1) is 19.3 Å². The Morgan fingerprint density at radius 2 is 2.50 bits per heavy atom. The third-order valence-corrected chi connectivity index (χ3v) is 2.86. The summed E-state index contributed by atoms with van der Waals surface area (Å²) in [6.45, 7) is 2.01. The van der Waals surface area contributed by atoms with Crippen molar-refractivity contribution in [2.24, 2.45) is 5.73 Å². The molecule has 0 saturated carbocycles. The van der Waals surface area contributed by atoms with Gasteiger partial charge in [-0.25, -0.2) is 4.98 Å². The fourth-order valence-electron chi connectivity index (χ4n) is 1.34. The second kappa shape index (κ2) is 5.79. The van der Waals surface area contributed by atoms with E-state index in [4.69, 9.17) is 12.2 Å². The molecule has 1 unspecified atom stereocenters. The summed E-state index contributed by atoms with van der Waals surface area (Å²) in [7, 11) is 0. The molecule has 0 aromatic carbocycles. The van der Waals surface area contributed by atoms with Crippen molar-refractivity contribution >= 4 is 11.3 Å². The standard InChI is InChI=1S/C11H16N2S/c1-3-4-5-6-10(12)7-11-8-14-9(2)13-11/h1,8,10H,4-7,12H2,2H3. The van der Waals surface area contributed by atoms with Crippen molar-refractivity contribution in [2.45, 2.75) is 38.6 Å². The highest BCUT2D eigenvalue weighted by molar-refractivity contribution is 7.09. The first-order valence-corrected chi connectivity index (χ1v) is 5.70. The van der Waals surface area contributed by atoms with Gasteiger partial charge in [0.25, 0.3) is 0 Å². The van der Waals surface area contributed by atoms with Crippen LogP contribution in [0.4, 0.5) is 0 Å². The molecule has 0 bridgehead atoms. The van der Waals surface area contributed by atoms with E-state index in [-0.39, 0.29) is 6.04 Å². The minimum atomic E-state index is 0.199. The van der Waals surface area contributed by atoms with Crippen LogP contribution in [-0.2, 0) is 6.42 Å². The summed E-state index contributed by atoms with van der Waals surface area (Å²) in [6, 6.07) is 0.199. The first-order valence-electron chi connectivity index (χ1n) is 4.82. The van der Waals surface area contributed by atoms with Gasteiger partial charge < -0.3 is 5.73 Å². The maximum absolute atomic E-state index is 5.95. The topological polar surface area (TPSA) is 38.9 Å². The Labute approximate surface area is 89.6 Å². The lowest BCUT2D eigenvalue weighted by molar-refractivity contribution is 0.582. The summed E-state index contributed by atoms with van der Waals surface area (Å²) < 4.78 is 0. The molecule has 2 nitrogen and oxygen atoms in total. The lowest BCUT2D eigenvalue weighted by atomic mass is 10.1. The molecule has 0 amide bonds. The number of aryl methyl sites for hydroxylation is 1. The van der Waals surface area contributed by atoms with Gasteiger partial charge in [0.1, 0.15) is 0 Å². The quantitative estimate of drug-likeness (QED) is 0.594. The van der Waals surface area contributed by atoms with Crippen molar-refractivity contribution in [1.82, 2.24) is 4.98 Å². The molecule has 1 aromatic rings. The van der Waals surface area contributed by atoms with E-state index in [1.54, 1.807) is 11.3 Å². The Morgan fingerprint density at radius 1 is 1.71 bits per heavy atom. The van der Waals surface area contributed by atoms with Crippen molar-refractivity contribution in [3.05, 3.63) is 16.1 Å². The van der Waals surface area contributed by atoms with Crippen molar-refractivity contribution in [2.75, 3.05) is 0 Å². The van der Waals surface area contributed by atoms with Gasteiger partial charge in [0.2, 0.25) is 0 Å². The van der Waals surface area contributed by atoms with Crippen LogP contribution in [0.2, 0.25) is 0 Å². The van der Waals surface area contributed by atoms with Crippen LogP contribution < -0.4 is 5.73 Å². The zero-order valence-corrected chi connectivity index (χ0v) is 9.31. The summed E-state index contributed by atoms with van der Waals surface area (Å²) >= 11 is 1.68. The van der Waals surface area contributed by atoms with Gasteiger partial charge in [-0.05, 0) is 19.8 Å². The van der Waals surface area contributed by atoms with E-state index in [9.17, 15) is 0 Å². The number of aromatic nitrogens is 1. The molecular formula is C11H16N2S. The molecule has 0 spiro atoms.